The molecule has 1 unspecified atom stereocenters. The topological polar surface area (TPSA) is 49.8 Å². The summed E-state index contributed by atoms with van der Waals surface area (Å²) in [5, 5.41) is 7.82. The molecular weight excluding hydrogens is 380 g/mol. The molecule has 4 rings (SSSR count). The van der Waals surface area contributed by atoms with Gasteiger partial charge in [-0.15, -0.1) is 11.3 Å². The number of thiazole rings is 1. The van der Waals surface area contributed by atoms with Crippen molar-refractivity contribution in [2.45, 2.75) is 29.2 Å². The van der Waals surface area contributed by atoms with E-state index < -0.39 is 0 Å². The van der Waals surface area contributed by atoms with Crippen molar-refractivity contribution >= 4 is 51.6 Å². The Labute approximate surface area is 166 Å². The Balaban J connectivity index is 1.59. The second-order valence-corrected chi connectivity index (χ2v) is 9.63. The van der Waals surface area contributed by atoms with Crippen LogP contribution < -0.4 is 10.6 Å². The van der Waals surface area contributed by atoms with Gasteiger partial charge in [-0.3, -0.25) is 0 Å². The van der Waals surface area contributed by atoms with Crippen LogP contribution in [0.3, 0.4) is 0 Å². The van der Waals surface area contributed by atoms with Gasteiger partial charge in [0.15, 0.2) is 5.13 Å². The molecule has 0 aliphatic carbocycles. The molecule has 0 saturated carbocycles. The van der Waals surface area contributed by atoms with Crippen molar-refractivity contribution in [3.05, 3.63) is 53.5 Å². The molecule has 134 valence electrons. The van der Waals surface area contributed by atoms with E-state index in [0.29, 0.717) is 6.04 Å². The van der Waals surface area contributed by atoms with Gasteiger partial charge in [0.2, 0.25) is 0 Å². The lowest BCUT2D eigenvalue weighted by molar-refractivity contribution is 0.806. The normalized spacial score (nSPS) is 16.6. The lowest BCUT2D eigenvalue weighted by Crippen LogP contribution is -2.19. The van der Waals surface area contributed by atoms with Gasteiger partial charge < -0.3 is 10.6 Å². The number of anilines is 3. The smallest absolute Gasteiger partial charge is 0.188 e. The molecule has 0 bridgehead atoms. The number of aromatic nitrogens is 2. The zero-order valence-corrected chi connectivity index (χ0v) is 16.9. The maximum absolute atomic E-state index is 4.76. The summed E-state index contributed by atoms with van der Waals surface area (Å²) in [4.78, 5) is 12.7. The molecule has 1 fully saturated rings. The van der Waals surface area contributed by atoms with E-state index in [4.69, 9.17) is 4.98 Å². The maximum Gasteiger partial charge on any atom is 0.188 e. The summed E-state index contributed by atoms with van der Waals surface area (Å²) < 4.78 is 0. The Bertz CT molecular complexity index is 860. The van der Waals surface area contributed by atoms with E-state index in [-0.39, 0.29) is 0 Å². The van der Waals surface area contributed by atoms with Crippen LogP contribution in [0.1, 0.15) is 11.3 Å². The van der Waals surface area contributed by atoms with Crippen molar-refractivity contribution < 1.29 is 0 Å². The minimum absolute atomic E-state index is 0.499. The van der Waals surface area contributed by atoms with Gasteiger partial charge in [-0.2, -0.15) is 11.8 Å². The van der Waals surface area contributed by atoms with Crippen molar-refractivity contribution in [3.8, 4) is 0 Å². The van der Waals surface area contributed by atoms with Crippen molar-refractivity contribution in [2.75, 3.05) is 22.1 Å². The van der Waals surface area contributed by atoms with Gasteiger partial charge in [-0.1, -0.05) is 30.0 Å². The Morgan fingerprint density at radius 2 is 1.96 bits per heavy atom. The first-order chi connectivity index (χ1) is 12.7. The molecule has 0 spiro atoms. The van der Waals surface area contributed by atoms with Crippen molar-refractivity contribution in [2.24, 2.45) is 0 Å². The fourth-order valence-corrected chi connectivity index (χ4v) is 5.44. The number of hydrogen-bond donors (Lipinski definition) is 2. The Hall–Kier alpha value is -1.70. The van der Waals surface area contributed by atoms with Crippen LogP contribution in [0.5, 0.6) is 0 Å². The molecule has 1 aromatic carbocycles. The van der Waals surface area contributed by atoms with Gasteiger partial charge in [-0.25, -0.2) is 9.97 Å². The molecule has 0 radical (unpaired) electrons. The average Bonchev–Trinajstić information content (AvgIpc) is 3.27. The molecule has 1 atom stereocenters. The third-order valence-electron chi connectivity index (χ3n) is 3.92. The van der Waals surface area contributed by atoms with Crippen molar-refractivity contribution in [1.29, 1.82) is 0 Å². The minimum Gasteiger partial charge on any atom is -0.366 e. The van der Waals surface area contributed by atoms with Crippen LogP contribution in [-0.2, 0) is 0 Å². The fourth-order valence-electron chi connectivity index (χ4n) is 2.71. The molecular formula is C19H20N4S3. The number of rotatable bonds is 6. The highest BCUT2D eigenvalue weighted by atomic mass is 32.2. The lowest BCUT2D eigenvalue weighted by atomic mass is 10.2. The Kier molecular flexibility index (Phi) is 5.67. The first-order valence-electron chi connectivity index (χ1n) is 8.53. The summed E-state index contributed by atoms with van der Waals surface area (Å²) in [7, 11) is 0. The largest absolute Gasteiger partial charge is 0.366 e. The van der Waals surface area contributed by atoms with Gasteiger partial charge in [0.25, 0.3) is 0 Å². The zero-order valence-electron chi connectivity index (χ0n) is 14.4. The molecule has 2 N–H and O–H groups in total. The summed E-state index contributed by atoms with van der Waals surface area (Å²) in [6, 6.07) is 15.2. The molecule has 1 saturated heterocycles. The van der Waals surface area contributed by atoms with Crippen LogP contribution in [0.25, 0.3) is 0 Å². The van der Waals surface area contributed by atoms with Crippen LogP contribution in [0, 0.1) is 6.92 Å². The summed E-state index contributed by atoms with van der Waals surface area (Å²) in [6.07, 6.45) is 3.07. The van der Waals surface area contributed by atoms with Gasteiger partial charge in [0.1, 0.15) is 11.6 Å². The van der Waals surface area contributed by atoms with E-state index >= 15 is 0 Å². The number of nitrogens with one attached hydrogen (secondary N) is 2. The maximum atomic E-state index is 4.76. The van der Waals surface area contributed by atoms with E-state index in [1.54, 1.807) is 23.1 Å². The van der Waals surface area contributed by atoms with Crippen LogP contribution in [-0.4, -0.2) is 27.5 Å². The summed E-state index contributed by atoms with van der Waals surface area (Å²) in [6.45, 7) is 2.06. The molecule has 3 heterocycles. The second kappa shape index (κ2) is 8.33. The molecule has 1 aliphatic rings. The number of pyridine rings is 1. The monoisotopic (exact) mass is 400 g/mol. The van der Waals surface area contributed by atoms with Gasteiger partial charge >= 0.3 is 0 Å². The predicted octanol–water partition coefficient (Wildman–Crippen LogP) is 5.66. The molecule has 4 nitrogen and oxygen atoms in total. The van der Waals surface area contributed by atoms with Gasteiger partial charge in [0.05, 0.1) is 0 Å². The lowest BCUT2D eigenvalue weighted by Gasteiger charge is -2.15. The number of benzene rings is 1. The van der Waals surface area contributed by atoms with E-state index in [2.05, 4.69) is 58.9 Å². The molecule has 1 aliphatic heterocycles. The number of hydrogen-bond acceptors (Lipinski definition) is 7. The predicted molar refractivity (Wildman–Crippen MR) is 114 cm³/mol. The average molecular weight is 401 g/mol. The first-order valence-corrected chi connectivity index (χ1v) is 11.3. The van der Waals surface area contributed by atoms with E-state index in [0.717, 1.165) is 27.4 Å². The van der Waals surface area contributed by atoms with Crippen LogP contribution in [0.2, 0.25) is 0 Å². The van der Waals surface area contributed by atoms with Crippen LogP contribution >= 0.6 is 34.9 Å². The third kappa shape index (κ3) is 4.72. The highest BCUT2D eigenvalue weighted by molar-refractivity contribution is 7.99. The third-order valence-corrected chi connectivity index (χ3v) is 6.89. The summed E-state index contributed by atoms with van der Waals surface area (Å²) in [5.74, 6) is 4.12. The van der Waals surface area contributed by atoms with Crippen LogP contribution in [0.4, 0.5) is 16.8 Å². The fraction of sp³-hybridized carbons (Fsp3) is 0.263. The van der Waals surface area contributed by atoms with E-state index in [9.17, 15) is 0 Å². The zero-order chi connectivity index (χ0) is 17.8. The van der Waals surface area contributed by atoms with Crippen LogP contribution in [0.15, 0.2) is 58.5 Å². The first kappa shape index (κ1) is 17.7. The number of aryl methyl sites for hydroxylation is 1. The Morgan fingerprint density at radius 1 is 1.12 bits per heavy atom. The van der Waals surface area contributed by atoms with E-state index in [1.807, 2.05) is 24.0 Å². The molecule has 3 aromatic rings. The van der Waals surface area contributed by atoms with Crippen molar-refractivity contribution in [3.63, 3.8) is 0 Å². The Morgan fingerprint density at radius 3 is 2.69 bits per heavy atom. The molecule has 26 heavy (non-hydrogen) atoms. The quantitative estimate of drug-likeness (QED) is 0.557. The summed E-state index contributed by atoms with van der Waals surface area (Å²) >= 11 is 5.38. The SMILES string of the molecule is Cc1cnc(Nc2cc(Sc3ccccc3)cc(NC3CCSC3)n2)s1. The van der Waals surface area contributed by atoms with Gasteiger partial charge in [-0.05, 0) is 43.4 Å². The molecule has 7 heteroatoms. The second-order valence-electron chi connectivity index (χ2n) is 6.09. The van der Waals surface area contributed by atoms with E-state index in [1.165, 1.54) is 21.9 Å². The highest BCUT2D eigenvalue weighted by Gasteiger charge is 2.16. The number of thioether (sulfide) groups is 1. The minimum atomic E-state index is 0.499. The highest BCUT2D eigenvalue weighted by Crippen LogP contribution is 2.32. The standard InChI is InChI=1S/C19H20N4S3/c1-13-11-20-19(25-13)23-18-10-16(26-15-5-3-2-4-6-15)9-17(22-18)21-14-7-8-24-12-14/h2-6,9-11,14H,7-8,12H2,1H3,(H2,20,21,22,23). The van der Waals surface area contributed by atoms with Gasteiger partial charge in [0, 0.05) is 32.7 Å². The molecule has 0 amide bonds. The summed E-state index contributed by atoms with van der Waals surface area (Å²) in [5.41, 5.74) is 0. The van der Waals surface area contributed by atoms with Crippen molar-refractivity contribution in [1.82, 2.24) is 9.97 Å². The number of nitrogens with zero attached hydrogens (tertiary/aromatic N) is 2. The molecule has 2 aromatic heterocycles.